The highest BCUT2D eigenvalue weighted by molar-refractivity contribution is 7.92. The van der Waals surface area contributed by atoms with Gasteiger partial charge in [0.05, 0.1) is 0 Å². The third-order valence-electron chi connectivity index (χ3n) is 3.73. The summed E-state index contributed by atoms with van der Waals surface area (Å²) in [6.07, 6.45) is 8.39. The Morgan fingerprint density at radius 3 is 2.30 bits per heavy atom. The largest absolute Gasteiger partial charge is 0.616 e. The van der Waals surface area contributed by atoms with E-state index in [-0.39, 0.29) is 11.0 Å². The summed E-state index contributed by atoms with van der Waals surface area (Å²) in [6.45, 7) is 3.79. The zero-order valence-electron chi connectivity index (χ0n) is 14.4. The van der Waals surface area contributed by atoms with Crippen LogP contribution in [0.4, 0.5) is 0 Å². The minimum Gasteiger partial charge on any atom is -0.616 e. The van der Waals surface area contributed by atoms with Crippen molar-refractivity contribution in [3.8, 4) is 0 Å². The monoisotopic (exact) mass is 348 g/mol. The number of hydrogen-bond acceptors (Lipinski definition) is 4. The third-order valence-corrected chi connectivity index (χ3v) is 5.63. The van der Waals surface area contributed by atoms with Crippen molar-refractivity contribution >= 4 is 23.1 Å². The van der Waals surface area contributed by atoms with Crippen LogP contribution >= 0.6 is 0 Å². The molecule has 0 aromatic heterocycles. The molecule has 3 atom stereocenters. The van der Waals surface area contributed by atoms with Crippen LogP contribution in [0.15, 0.2) is 0 Å². The zero-order valence-corrected chi connectivity index (χ0v) is 15.2. The number of carbonyl (C=O) groups is 2. The van der Waals surface area contributed by atoms with Gasteiger partial charge in [-0.1, -0.05) is 39.5 Å². The molecule has 0 bridgehead atoms. The van der Waals surface area contributed by atoms with Crippen molar-refractivity contribution in [2.75, 3.05) is 12.3 Å². The molecule has 0 aliphatic rings. The van der Waals surface area contributed by atoms with Crippen LogP contribution in [0.1, 0.15) is 65.2 Å². The topological polar surface area (TPSA) is 115 Å². The Morgan fingerprint density at radius 2 is 1.74 bits per heavy atom. The van der Waals surface area contributed by atoms with E-state index in [0.717, 1.165) is 44.9 Å². The molecule has 0 radical (unpaired) electrons. The number of aliphatic carboxylic acids is 1. The standard InChI is InChI=1S/C16H32N2O4S/c1-3-5-7-8-10-13(9-6-4-2)23(22)12-14(17)16(21)18-11-15(19)20/h13-14H,3-12,17H2,1-2H3,(H,18,21)(H,19,20)/t13?,14-,23?/m0/s1. The minimum absolute atomic E-state index is 0.0742. The zero-order chi connectivity index (χ0) is 17.7. The van der Waals surface area contributed by atoms with Crippen LogP contribution in [0, 0.1) is 0 Å². The molecule has 136 valence electrons. The number of carboxylic acids is 1. The Labute approximate surface area is 142 Å². The van der Waals surface area contributed by atoms with Gasteiger partial charge in [-0.15, -0.1) is 0 Å². The van der Waals surface area contributed by atoms with E-state index in [0.29, 0.717) is 0 Å². The molecule has 0 rings (SSSR count). The molecule has 0 heterocycles. The predicted octanol–water partition coefficient (Wildman–Crippen LogP) is 1.79. The fourth-order valence-electron chi connectivity index (χ4n) is 2.32. The van der Waals surface area contributed by atoms with Gasteiger partial charge < -0.3 is 20.7 Å². The maximum atomic E-state index is 12.5. The van der Waals surface area contributed by atoms with Crippen LogP contribution in [-0.4, -0.2) is 45.1 Å². The van der Waals surface area contributed by atoms with Crippen molar-refractivity contribution < 1.29 is 19.2 Å². The van der Waals surface area contributed by atoms with Gasteiger partial charge in [0.2, 0.25) is 5.91 Å². The summed E-state index contributed by atoms with van der Waals surface area (Å²) in [6, 6.07) is -0.921. The first-order chi connectivity index (χ1) is 10.9. The molecular weight excluding hydrogens is 316 g/mol. The highest BCUT2D eigenvalue weighted by atomic mass is 32.2. The van der Waals surface area contributed by atoms with Gasteiger partial charge in [0.15, 0.2) is 0 Å². The normalized spacial score (nSPS) is 15.0. The number of rotatable bonds is 14. The Bertz CT molecular complexity index is 342. The first-order valence-electron chi connectivity index (χ1n) is 8.54. The van der Waals surface area contributed by atoms with Gasteiger partial charge in [-0.05, 0) is 36.9 Å². The number of hydrogen-bond donors (Lipinski definition) is 3. The highest BCUT2D eigenvalue weighted by Crippen LogP contribution is 2.19. The lowest BCUT2D eigenvalue weighted by atomic mass is 10.1. The molecule has 7 heteroatoms. The Kier molecular flexibility index (Phi) is 13.2. The molecule has 0 saturated carbocycles. The van der Waals surface area contributed by atoms with E-state index in [1.54, 1.807) is 0 Å². The van der Waals surface area contributed by atoms with Crippen molar-refractivity contribution in [3.63, 3.8) is 0 Å². The van der Waals surface area contributed by atoms with Gasteiger partial charge in [0, 0.05) is 0 Å². The van der Waals surface area contributed by atoms with Crippen LogP contribution in [0.25, 0.3) is 0 Å². The van der Waals surface area contributed by atoms with Gasteiger partial charge in [-0.2, -0.15) is 0 Å². The SMILES string of the molecule is CCCCCCC(CCCC)[S+]([O-])C[C@H](N)C(=O)NCC(=O)O. The average molecular weight is 349 g/mol. The van der Waals surface area contributed by atoms with Gasteiger partial charge in [-0.25, -0.2) is 0 Å². The summed E-state index contributed by atoms with van der Waals surface area (Å²) >= 11 is -1.16. The summed E-state index contributed by atoms with van der Waals surface area (Å²) in [7, 11) is 0. The molecule has 1 amide bonds. The Morgan fingerprint density at radius 1 is 1.13 bits per heavy atom. The van der Waals surface area contributed by atoms with E-state index >= 15 is 0 Å². The number of carbonyl (C=O) groups excluding carboxylic acids is 1. The molecule has 0 spiro atoms. The van der Waals surface area contributed by atoms with E-state index in [1.807, 2.05) is 0 Å². The number of nitrogens with one attached hydrogen (secondary N) is 1. The van der Waals surface area contributed by atoms with E-state index < -0.39 is 35.6 Å². The lowest BCUT2D eigenvalue weighted by Gasteiger charge is -2.24. The second-order valence-electron chi connectivity index (χ2n) is 5.88. The van der Waals surface area contributed by atoms with Crippen molar-refractivity contribution in [1.82, 2.24) is 5.32 Å². The molecule has 0 aromatic carbocycles. The molecular formula is C16H32N2O4S. The van der Waals surface area contributed by atoms with Gasteiger partial charge in [0.1, 0.15) is 23.6 Å². The fraction of sp³-hybridized carbons (Fsp3) is 0.875. The number of nitrogens with two attached hydrogens (primary N) is 1. The third kappa shape index (κ3) is 11.4. The van der Waals surface area contributed by atoms with E-state index in [1.165, 1.54) is 6.42 Å². The van der Waals surface area contributed by atoms with Crippen LogP contribution in [-0.2, 0) is 20.8 Å². The molecule has 0 aliphatic heterocycles. The molecule has 0 saturated heterocycles. The van der Waals surface area contributed by atoms with E-state index in [2.05, 4.69) is 19.2 Å². The van der Waals surface area contributed by atoms with Crippen molar-refractivity contribution in [2.24, 2.45) is 5.73 Å². The first-order valence-corrected chi connectivity index (χ1v) is 9.92. The molecule has 2 unspecified atom stereocenters. The second-order valence-corrected chi connectivity index (χ2v) is 7.64. The second kappa shape index (κ2) is 13.6. The first kappa shape index (κ1) is 22.2. The van der Waals surface area contributed by atoms with Crippen molar-refractivity contribution in [3.05, 3.63) is 0 Å². The Hall–Kier alpha value is -0.790. The summed E-state index contributed by atoms with van der Waals surface area (Å²) < 4.78 is 12.5. The van der Waals surface area contributed by atoms with Gasteiger partial charge in [0.25, 0.3) is 0 Å². The summed E-state index contributed by atoms with van der Waals surface area (Å²) in [5, 5.41) is 10.8. The van der Waals surface area contributed by atoms with E-state index in [9.17, 15) is 14.1 Å². The molecule has 23 heavy (non-hydrogen) atoms. The van der Waals surface area contributed by atoms with Crippen LogP contribution < -0.4 is 11.1 Å². The van der Waals surface area contributed by atoms with Crippen molar-refractivity contribution in [2.45, 2.75) is 76.5 Å². The molecule has 4 N–H and O–H groups in total. The minimum atomic E-state index is -1.16. The average Bonchev–Trinajstić information content (AvgIpc) is 2.51. The summed E-state index contributed by atoms with van der Waals surface area (Å²) in [5.41, 5.74) is 5.75. The Balaban J connectivity index is 4.34. The smallest absolute Gasteiger partial charge is 0.322 e. The maximum absolute atomic E-state index is 12.5. The molecule has 0 fully saturated rings. The van der Waals surface area contributed by atoms with E-state index in [4.69, 9.17) is 10.8 Å². The van der Waals surface area contributed by atoms with Gasteiger partial charge in [-0.3, -0.25) is 9.59 Å². The van der Waals surface area contributed by atoms with Gasteiger partial charge >= 0.3 is 5.97 Å². The molecule has 0 aliphatic carbocycles. The van der Waals surface area contributed by atoms with Crippen molar-refractivity contribution in [1.29, 1.82) is 0 Å². The van der Waals surface area contributed by atoms with Crippen LogP contribution in [0.2, 0.25) is 0 Å². The number of unbranched alkanes of at least 4 members (excludes halogenated alkanes) is 4. The lowest BCUT2D eigenvalue weighted by molar-refractivity contribution is -0.138. The van der Waals surface area contributed by atoms with Crippen LogP contribution in [0.5, 0.6) is 0 Å². The lowest BCUT2D eigenvalue weighted by Crippen LogP contribution is -2.47. The molecule has 6 nitrogen and oxygen atoms in total. The number of amides is 1. The fourth-order valence-corrected chi connectivity index (χ4v) is 3.96. The molecule has 0 aromatic rings. The highest BCUT2D eigenvalue weighted by Gasteiger charge is 2.27. The number of carboxylic acid groups (broad SMARTS) is 1. The quantitative estimate of drug-likeness (QED) is 0.327. The maximum Gasteiger partial charge on any atom is 0.322 e. The summed E-state index contributed by atoms with van der Waals surface area (Å²) in [4.78, 5) is 22.1. The summed E-state index contributed by atoms with van der Waals surface area (Å²) in [5.74, 6) is -1.59. The van der Waals surface area contributed by atoms with Crippen LogP contribution in [0.3, 0.4) is 0 Å². The predicted molar refractivity (Wildman–Crippen MR) is 93.7 cm³/mol.